The molecule has 2 heteroatoms. The first-order chi connectivity index (χ1) is 5.11. The highest BCUT2D eigenvalue weighted by Gasteiger charge is 2.13. The zero-order valence-electron chi connectivity index (χ0n) is 7.98. The van der Waals surface area contributed by atoms with E-state index in [4.69, 9.17) is 0 Å². The summed E-state index contributed by atoms with van der Waals surface area (Å²) in [6.45, 7) is 8.00. The number of hydrogen-bond acceptors (Lipinski definition) is 1. The average molecular weight is 157 g/mol. The van der Waals surface area contributed by atoms with E-state index in [9.17, 15) is 4.79 Å². The van der Waals surface area contributed by atoms with Crippen LogP contribution in [0, 0.1) is 5.92 Å². The minimum absolute atomic E-state index is 0.0807. The van der Waals surface area contributed by atoms with Crippen LogP contribution >= 0.6 is 0 Å². The normalized spacial score (nSPS) is 15.6. The van der Waals surface area contributed by atoms with Gasteiger partial charge in [-0.15, -0.1) is 0 Å². The van der Waals surface area contributed by atoms with Gasteiger partial charge in [-0.1, -0.05) is 27.2 Å². The third-order valence-electron chi connectivity index (χ3n) is 2.16. The monoisotopic (exact) mass is 157 g/mol. The van der Waals surface area contributed by atoms with Gasteiger partial charge in [0, 0.05) is 13.0 Å². The third-order valence-corrected chi connectivity index (χ3v) is 2.16. The van der Waals surface area contributed by atoms with Gasteiger partial charge in [-0.3, -0.25) is 4.79 Å². The molecule has 0 aromatic heterocycles. The van der Waals surface area contributed by atoms with E-state index in [0.29, 0.717) is 12.0 Å². The molecule has 0 heterocycles. The number of carbonyl (C=O) groups excluding carboxylic acids is 1. The van der Waals surface area contributed by atoms with E-state index >= 15 is 0 Å². The molecular weight excluding hydrogens is 138 g/mol. The number of amides is 1. The number of rotatable bonds is 4. The maximum absolute atomic E-state index is 10.7. The first-order valence-electron chi connectivity index (χ1n) is 4.38. The van der Waals surface area contributed by atoms with Crippen LogP contribution < -0.4 is 5.32 Å². The van der Waals surface area contributed by atoms with E-state index in [-0.39, 0.29) is 5.91 Å². The van der Waals surface area contributed by atoms with Crippen LogP contribution in [-0.4, -0.2) is 11.9 Å². The zero-order valence-corrected chi connectivity index (χ0v) is 7.98. The van der Waals surface area contributed by atoms with Gasteiger partial charge in [0.15, 0.2) is 0 Å². The van der Waals surface area contributed by atoms with Gasteiger partial charge < -0.3 is 5.32 Å². The molecule has 0 aliphatic heterocycles. The molecule has 0 aromatic carbocycles. The van der Waals surface area contributed by atoms with E-state index in [1.165, 1.54) is 0 Å². The van der Waals surface area contributed by atoms with Crippen LogP contribution in [0.4, 0.5) is 0 Å². The minimum Gasteiger partial charge on any atom is -0.353 e. The lowest BCUT2D eigenvalue weighted by molar-refractivity contribution is -0.120. The molecule has 66 valence electrons. The largest absolute Gasteiger partial charge is 0.353 e. The Labute approximate surface area is 69.4 Å². The molecule has 2 atom stereocenters. The highest BCUT2D eigenvalue weighted by molar-refractivity contribution is 5.73. The second kappa shape index (κ2) is 5.16. The van der Waals surface area contributed by atoms with Crippen molar-refractivity contribution in [1.82, 2.24) is 5.32 Å². The van der Waals surface area contributed by atoms with Crippen LogP contribution in [-0.2, 0) is 4.79 Å². The molecule has 1 amide bonds. The quantitative estimate of drug-likeness (QED) is 0.664. The lowest BCUT2D eigenvalue weighted by Gasteiger charge is -2.21. The Morgan fingerprint density at radius 1 is 1.36 bits per heavy atom. The van der Waals surface area contributed by atoms with Gasteiger partial charge in [-0.05, 0) is 12.3 Å². The van der Waals surface area contributed by atoms with Gasteiger partial charge in [0.2, 0.25) is 5.91 Å². The van der Waals surface area contributed by atoms with E-state index in [0.717, 1.165) is 12.8 Å². The van der Waals surface area contributed by atoms with Crippen molar-refractivity contribution in [1.29, 1.82) is 0 Å². The van der Waals surface area contributed by atoms with Crippen LogP contribution in [0.15, 0.2) is 0 Å². The highest BCUT2D eigenvalue weighted by atomic mass is 16.1. The summed E-state index contributed by atoms with van der Waals surface area (Å²) < 4.78 is 0. The highest BCUT2D eigenvalue weighted by Crippen LogP contribution is 2.09. The van der Waals surface area contributed by atoms with Crippen molar-refractivity contribution < 1.29 is 4.79 Å². The lowest BCUT2D eigenvalue weighted by atomic mass is 9.97. The predicted octanol–water partition coefficient (Wildman–Crippen LogP) is 1.95. The van der Waals surface area contributed by atoms with Crippen LogP contribution in [0.5, 0.6) is 0 Å². The van der Waals surface area contributed by atoms with Gasteiger partial charge >= 0.3 is 0 Å². The number of carbonyl (C=O) groups is 1. The number of hydrogen-bond donors (Lipinski definition) is 1. The smallest absolute Gasteiger partial charge is 0.217 e. The molecule has 2 nitrogen and oxygen atoms in total. The zero-order chi connectivity index (χ0) is 8.85. The van der Waals surface area contributed by atoms with Gasteiger partial charge in [0.1, 0.15) is 0 Å². The van der Waals surface area contributed by atoms with Gasteiger partial charge in [-0.25, -0.2) is 0 Å². The second-order valence-corrected chi connectivity index (χ2v) is 3.10. The van der Waals surface area contributed by atoms with Crippen molar-refractivity contribution in [2.24, 2.45) is 5.92 Å². The maximum Gasteiger partial charge on any atom is 0.217 e. The molecule has 0 aliphatic rings. The Morgan fingerprint density at radius 2 is 1.91 bits per heavy atom. The first kappa shape index (κ1) is 10.5. The van der Waals surface area contributed by atoms with Gasteiger partial charge in [-0.2, -0.15) is 0 Å². The molecule has 0 saturated carbocycles. The Kier molecular flexibility index (Phi) is 4.92. The van der Waals surface area contributed by atoms with E-state index in [1.54, 1.807) is 6.92 Å². The molecule has 0 fully saturated rings. The summed E-state index contributed by atoms with van der Waals surface area (Å²) in [7, 11) is 0. The Balaban J connectivity index is 3.84. The fraction of sp³-hybridized carbons (Fsp3) is 0.889. The van der Waals surface area contributed by atoms with Crippen molar-refractivity contribution in [3.8, 4) is 0 Å². The predicted molar refractivity (Wildman–Crippen MR) is 47.4 cm³/mol. The molecule has 0 radical (unpaired) electrons. The van der Waals surface area contributed by atoms with Gasteiger partial charge in [0.05, 0.1) is 0 Å². The standard InChI is InChI=1S/C9H19NO/c1-5-7(3)9(6-2)10-8(4)11/h7,9H,5-6H2,1-4H3,(H,10,11)/t7?,9-/m1/s1. The molecule has 11 heavy (non-hydrogen) atoms. The Hall–Kier alpha value is -0.530. The summed E-state index contributed by atoms with van der Waals surface area (Å²) in [6, 6.07) is 0.359. The van der Waals surface area contributed by atoms with Gasteiger partial charge in [0.25, 0.3) is 0 Å². The molecular formula is C9H19NO. The molecule has 0 aliphatic carbocycles. The third kappa shape index (κ3) is 4.02. The summed E-state index contributed by atoms with van der Waals surface area (Å²) in [5, 5.41) is 2.94. The van der Waals surface area contributed by atoms with E-state index in [2.05, 4.69) is 26.1 Å². The molecule has 1 N–H and O–H groups in total. The molecule has 0 spiro atoms. The van der Waals surface area contributed by atoms with Crippen LogP contribution in [0.2, 0.25) is 0 Å². The van der Waals surface area contributed by atoms with E-state index in [1.807, 2.05) is 0 Å². The first-order valence-corrected chi connectivity index (χ1v) is 4.38. The average Bonchev–Trinajstić information content (AvgIpc) is 1.98. The number of nitrogens with one attached hydrogen (secondary N) is 1. The molecule has 0 aromatic rings. The molecule has 0 saturated heterocycles. The molecule has 0 bridgehead atoms. The topological polar surface area (TPSA) is 29.1 Å². The van der Waals surface area contributed by atoms with Crippen molar-refractivity contribution >= 4 is 5.91 Å². The molecule has 0 rings (SSSR count). The fourth-order valence-corrected chi connectivity index (χ4v) is 1.19. The van der Waals surface area contributed by atoms with E-state index < -0.39 is 0 Å². The molecule has 1 unspecified atom stereocenters. The lowest BCUT2D eigenvalue weighted by Crippen LogP contribution is -2.37. The second-order valence-electron chi connectivity index (χ2n) is 3.10. The fourth-order valence-electron chi connectivity index (χ4n) is 1.19. The van der Waals surface area contributed by atoms with Crippen LogP contribution in [0.25, 0.3) is 0 Å². The van der Waals surface area contributed by atoms with Crippen molar-refractivity contribution in [3.63, 3.8) is 0 Å². The Bertz CT molecular complexity index is 123. The Morgan fingerprint density at radius 3 is 2.18 bits per heavy atom. The summed E-state index contributed by atoms with van der Waals surface area (Å²) in [4.78, 5) is 10.7. The SMILES string of the molecule is CCC(C)[C@@H](CC)NC(C)=O. The summed E-state index contributed by atoms with van der Waals surface area (Å²) >= 11 is 0. The summed E-state index contributed by atoms with van der Waals surface area (Å²) in [6.07, 6.45) is 2.15. The maximum atomic E-state index is 10.7. The van der Waals surface area contributed by atoms with Crippen molar-refractivity contribution in [3.05, 3.63) is 0 Å². The van der Waals surface area contributed by atoms with Crippen molar-refractivity contribution in [2.75, 3.05) is 0 Å². The summed E-state index contributed by atoms with van der Waals surface area (Å²) in [5.41, 5.74) is 0. The summed E-state index contributed by atoms with van der Waals surface area (Å²) in [5.74, 6) is 0.668. The van der Waals surface area contributed by atoms with Crippen LogP contribution in [0.3, 0.4) is 0 Å². The minimum atomic E-state index is 0.0807. The van der Waals surface area contributed by atoms with Crippen molar-refractivity contribution in [2.45, 2.75) is 46.6 Å². The van der Waals surface area contributed by atoms with Crippen LogP contribution in [0.1, 0.15) is 40.5 Å².